The molecular formula is C19H20N4O2S. The first-order valence-electron chi connectivity index (χ1n) is 9.21. The fraction of sp³-hybridized carbons (Fsp3) is 0.474. The molecule has 1 atom stereocenters. The Labute approximate surface area is 155 Å². The molecule has 3 aromatic rings. The Bertz CT molecular complexity index is 946. The molecule has 7 heteroatoms. The van der Waals surface area contributed by atoms with Crippen molar-refractivity contribution >= 4 is 27.5 Å². The maximum Gasteiger partial charge on any atom is 0.253 e. The Morgan fingerprint density at radius 2 is 2.23 bits per heavy atom. The molecule has 1 amide bonds. The molecule has 1 aliphatic heterocycles. The van der Waals surface area contributed by atoms with Crippen molar-refractivity contribution in [3.8, 4) is 0 Å². The molecule has 0 N–H and O–H groups in total. The number of amides is 1. The van der Waals surface area contributed by atoms with E-state index in [1.165, 1.54) is 12.8 Å². The highest BCUT2D eigenvalue weighted by Gasteiger charge is 2.30. The number of hydrogen-bond acceptors (Lipinski definition) is 6. The topological polar surface area (TPSA) is 72.1 Å². The molecule has 3 heterocycles. The number of rotatable bonds is 4. The average Bonchev–Trinajstić information content (AvgIpc) is 3.23. The second-order valence-electron chi connectivity index (χ2n) is 7.32. The van der Waals surface area contributed by atoms with Crippen molar-refractivity contribution < 1.29 is 9.32 Å². The molecule has 26 heavy (non-hydrogen) atoms. The van der Waals surface area contributed by atoms with E-state index in [1.807, 2.05) is 28.6 Å². The lowest BCUT2D eigenvalue weighted by atomic mass is 9.94. The van der Waals surface area contributed by atoms with Gasteiger partial charge in [-0.25, -0.2) is 4.98 Å². The zero-order valence-electron chi connectivity index (χ0n) is 14.4. The smallest absolute Gasteiger partial charge is 0.253 e. The van der Waals surface area contributed by atoms with Crippen molar-refractivity contribution in [3.63, 3.8) is 0 Å². The molecule has 1 saturated heterocycles. The van der Waals surface area contributed by atoms with Gasteiger partial charge in [0.15, 0.2) is 5.82 Å². The molecule has 2 aliphatic rings. The number of piperidine rings is 1. The number of hydrogen-bond donors (Lipinski definition) is 0. The van der Waals surface area contributed by atoms with Gasteiger partial charge in [0.05, 0.1) is 15.7 Å². The van der Waals surface area contributed by atoms with E-state index >= 15 is 0 Å². The van der Waals surface area contributed by atoms with E-state index in [0.717, 1.165) is 59.8 Å². The van der Waals surface area contributed by atoms with Gasteiger partial charge in [0.1, 0.15) is 0 Å². The van der Waals surface area contributed by atoms with Crippen LogP contribution in [0.1, 0.15) is 53.7 Å². The van der Waals surface area contributed by atoms with E-state index in [0.29, 0.717) is 11.8 Å². The highest BCUT2D eigenvalue weighted by molar-refractivity contribution is 7.16. The number of likely N-dealkylation sites (tertiary alicyclic amines) is 1. The zero-order chi connectivity index (χ0) is 17.5. The van der Waals surface area contributed by atoms with Crippen molar-refractivity contribution in [1.82, 2.24) is 20.0 Å². The maximum atomic E-state index is 12.9. The van der Waals surface area contributed by atoms with Crippen LogP contribution in [0, 0.1) is 5.92 Å². The van der Waals surface area contributed by atoms with Crippen molar-refractivity contribution in [1.29, 1.82) is 0 Å². The number of carbonyl (C=O) groups excluding carboxylic acids is 1. The number of fused-ring (bicyclic) bond motifs is 1. The molecule has 0 spiro atoms. The van der Waals surface area contributed by atoms with Crippen molar-refractivity contribution in [3.05, 3.63) is 41.0 Å². The van der Waals surface area contributed by atoms with Crippen molar-refractivity contribution in [2.75, 3.05) is 13.1 Å². The molecule has 0 bridgehead atoms. The highest BCUT2D eigenvalue weighted by atomic mass is 32.1. The number of carbonyl (C=O) groups is 1. The van der Waals surface area contributed by atoms with Gasteiger partial charge >= 0.3 is 0 Å². The third-order valence-electron chi connectivity index (χ3n) is 5.27. The highest BCUT2D eigenvalue weighted by Crippen LogP contribution is 2.38. The van der Waals surface area contributed by atoms with E-state index < -0.39 is 0 Å². The van der Waals surface area contributed by atoms with Crippen LogP contribution in [0.4, 0.5) is 0 Å². The molecule has 1 aliphatic carbocycles. The number of nitrogens with zero attached hydrogens (tertiary/aromatic N) is 4. The molecule has 2 fully saturated rings. The molecule has 2 aromatic heterocycles. The Morgan fingerprint density at radius 1 is 1.31 bits per heavy atom. The van der Waals surface area contributed by atoms with E-state index in [9.17, 15) is 4.79 Å². The Morgan fingerprint density at radius 3 is 3.12 bits per heavy atom. The summed E-state index contributed by atoms with van der Waals surface area (Å²) in [5.41, 5.74) is 3.51. The summed E-state index contributed by atoms with van der Waals surface area (Å²) in [6.45, 7) is 1.56. The van der Waals surface area contributed by atoms with Crippen LogP contribution in [0.3, 0.4) is 0 Å². The average molecular weight is 368 g/mol. The van der Waals surface area contributed by atoms with Crippen LogP contribution in [0.25, 0.3) is 10.2 Å². The largest absolute Gasteiger partial charge is 0.339 e. The molecular weight excluding hydrogens is 348 g/mol. The first-order valence-corrected chi connectivity index (χ1v) is 10.1. The lowest BCUT2D eigenvalue weighted by Gasteiger charge is -2.32. The van der Waals surface area contributed by atoms with Crippen LogP contribution in [-0.2, 0) is 6.42 Å². The third-order valence-corrected chi connectivity index (χ3v) is 6.07. The lowest BCUT2D eigenvalue weighted by molar-refractivity contribution is 0.0668. The number of aromatic nitrogens is 3. The summed E-state index contributed by atoms with van der Waals surface area (Å²) in [6, 6.07) is 5.77. The molecule has 1 saturated carbocycles. The molecule has 0 radical (unpaired) electrons. The second kappa shape index (κ2) is 6.46. The second-order valence-corrected chi connectivity index (χ2v) is 8.21. The summed E-state index contributed by atoms with van der Waals surface area (Å²) < 4.78 is 6.48. The minimum atomic E-state index is 0.106. The minimum absolute atomic E-state index is 0.106. The molecule has 0 unspecified atom stereocenters. The van der Waals surface area contributed by atoms with Gasteiger partial charge in [-0.05, 0) is 49.8 Å². The van der Waals surface area contributed by atoms with Crippen LogP contribution in [0.2, 0.25) is 0 Å². The van der Waals surface area contributed by atoms with Gasteiger partial charge in [-0.2, -0.15) is 4.98 Å². The fourth-order valence-corrected chi connectivity index (χ4v) is 4.41. The summed E-state index contributed by atoms with van der Waals surface area (Å²) in [5.74, 6) is 2.58. The SMILES string of the molecule is O=C(c1ccc2ncsc2c1)N1CCC[C@H](Cc2nc(C3CC3)no2)C1. The normalized spacial score (nSPS) is 20.6. The minimum Gasteiger partial charge on any atom is -0.339 e. The number of benzene rings is 1. The first-order chi connectivity index (χ1) is 12.8. The van der Waals surface area contributed by atoms with Crippen LogP contribution in [0.15, 0.2) is 28.2 Å². The standard InChI is InChI=1S/C19H20N4O2S/c24-19(14-5-6-15-16(9-14)26-11-20-15)23-7-1-2-12(10-23)8-17-21-18(22-25-17)13-3-4-13/h5-6,9,11-13H,1-4,7-8,10H2/t12-/m1/s1. The van der Waals surface area contributed by atoms with Crippen LogP contribution < -0.4 is 0 Å². The lowest BCUT2D eigenvalue weighted by Crippen LogP contribution is -2.40. The first kappa shape index (κ1) is 15.9. The van der Waals surface area contributed by atoms with Crippen LogP contribution >= 0.6 is 11.3 Å². The van der Waals surface area contributed by atoms with E-state index in [-0.39, 0.29) is 5.91 Å². The molecule has 6 nitrogen and oxygen atoms in total. The molecule has 134 valence electrons. The zero-order valence-corrected chi connectivity index (χ0v) is 15.2. The van der Waals surface area contributed by atoms with Gasteiger partial charge in [0, 0.05) is 31.0 Å². The van der Waals surface area contributed by atoms with Gasteiger partial charge in [-0.3, -0.25) is 4.79 Å². The van der Waals surface area contributed by atoms with Crippen LogP contribution in [0.5, 0.6) is 0 Å². The molecule has 5 rings (SSSR count). The summed E-state index contributed by atoms with van der Waals surface area (Å²) in [4.78, 5) is 23.7. The molecule has 1 aromatic carbocycles. The Balaban J connectivity index is 1.27. The van der Waals surface area contributed by atoms with Gasteiger partial charge in [0.2, 0.25) is 5.89 Å². The van der Waals surface area contributed by atoms with Crippen molar-refractivity contribution in [2.45, 2.75) is 38.0 Å². The van der Waals surface area contributed by atoms with Crippen molar-refractivity contribution in [2.24, 2.45) is 5.92 Å². The van der Waals surface area contributed by atoms with Crippen LogP contribution in [-0.4, -0.2) is 39.0 Å². The Hall–Kier alpha value is -2.28. The summed E-state index contributed by atoms with van der Waals surface area (Å²) >= 11 is 1.57. The third kappa shape index (κ3) is 3.11. The summed E-state index contributed by atoms with van der Waals surface area (Å²) in [7, 11) is 0. The summed E-state index contributed by atoms with van der Waals surface area (Å²) in [6.07, 6.45) is 5.22. The Kier molecular flexibility index (Phi) is 3.96. The summed E-state index contributed by atoms with van der Waals surface area (Å²) in [5, 5.41) is 4.10. The van der Waals surface area contributed by atoms with E-state index in [2.05, 4.69) is 15.1 Å². The van der Waals surface area contributed by atoms with Gasteiger partial charge < -0.3 is 9.42 Å². The van der Waals surface area contributed by atoms with Gasteiger partial charge in [0.25, 0.3) is 5.91 Å². The van der Waals surface area contributed by atoms with E-state index in [4.69, 9.17) is 4.52 Å². The fourth-order valence-electron chi connectivity index (χ4n) is 3.69. The van der Waals surface area contributed by atoms with Gasteiger partial charge in [-0.15, -0.1) is 11.3 Å². The number of thiazole rings is 1. The monoisotopic (exact) mass is 368 g/mol. The maximum absolute atomic E-state index is 12.9. The predicted molar refractivity (Wildman–Crippen MR) is 98.2 cm³/mol. The van der Waals surface area contributed by atoms with E-state index in [1.54, 1.807) is 11.3 Å². The predicted octanol–water partition coefficient (Wildman–Crippen LogP) is 3.65. The van der Waals surface area contributed by atoms with Gasteiger partial charge in [-0.1, -0.05) is 5.16 Å². The quantitative estimate of drug-likeness (QED) is 0.703.